The van der Waals surface area contributed by atoms with E-state index in [1.807, 2.05) is 6.92 Å². The van der Waals surface area contributed by atoms with Gasteiger partial charge in [0.05, 0.1) is 29.5 Å². The van der Waals surface area contributed by atoms with Crippen LogP contribution in [0.15, 0.2) is 30.5 Å². The number of aromatic nitrogens is 2. The van der Waals surface area contributed by atoms with Gasteiger partial charge in [0.25, 0.3) is 5.69 Å². The Balaban J connectivity index is 2.19. The number of amides is 1. The lowest BCUT2D eigenvalue weighted by atomic mass is 10.2. The first-order valence-electron chi connectivity index (χ1n) is 6.57. The first-order chi connectivity index (χ1) is 10.4. The molecular weight excluding hydrogens is 288 g/mol. The summed E-state index contributed by atoms with van der Waals surface area (Å²) in [5, 5.41) is 17.6. The minimum absolute atomic E-state index is 0.106. The molecule has 1 heterocycles. The van der Waals surface area contributed by atoms with Crippen LogP contribution >= 0.6 is 0 Å². The highest BCUT2D eigenvalue weighted by Gasteiger charge is 2.19. The van der Waals surface area contributed by atoms with Crippen molar-refractivity contribution in [2.75, 3.05) is 12.4 Å². The van der Waals surface area contributed by atoms with Crippen molar-refractivity contribution in [3.8, 4) is 5.75 Å². The smallest absolute Gasteiger partial charge is 0.273 e. The molecule has 2 rings (SSSR count). The van der Waals surface area contributed by atoms with Gasteiger partial charge < -0.3 is 10.1 Å². The lowest BCUT2D eigenvalue weighted by Crippen LogP contribution is -2.24. The fourth-order valence-electron chi connectivity index (χ4n) is 1.90. The van der Waals surface area contributed by atoms with Crippen molar-refractivity contribution in [2.45, 2.75) is 19.9 Å². The molecule has 0 fully saturated rings. The third kappa shape index (κ3) is 3.22. The van der Waals surface area contributed by atoms with Crippen molar-refractivity contribution in [1.82, 2.24) is 9.78 Å². The van der Waals surface area contributed by atoms with Crippen LogP contribution in [0.2, 0.25) is 0 Å². The molecule has 1 aromatic carbocycles. The van der Waals surface area contributed by atoms with Gasteiger partial charge in [0.1, 0.15) is 11.8 Å². The van der Waals surface area contributed by atoms with Gasteiger partial charge >= 0.3 is 0 Å². The molecule has 2 aromatic rings. The fraction of sp³-hybridized carbons (Fsp3) is 0.286. The van der Waals surface area contributed by atoms with Gasteiger partial charge in [-0.15, -0.1) is 0 Å². The Bertz CT molecular complexity index is 711. The third-order valence-corrected chi connectivity index (χ3v) is 3.17. The van der Waals surface area contributed by atoms with Gasteiger partial charge in [-0.25, -0.2) is 0 Å². The van der Waals surface area contributed by atoms with E-state index in [-0.39, 0.29) is 17.3 Å². The van der Waals surface area contributed by atoms with Crippen LogP contribution in [0.4, 0.5) is 11.4 Å². The summed E-state index contributed by atoms with van der Waals surface area (Å²) < 4.78 is 6.63. The summed E-state index contributed by atoms with van der Waals surface area (Å²) in [5.74, 6) is -0.0679. The van der Waals surface area contributed by atoms with Gasteiger partial charge in [0.15, 0.2) is 0 Å². The fourth-order valence-corrected chi connectivity index (χ4v) is 1.90. The molecule has 0 saturated carbocycles. The Kier molecular flexibility index (Phi) is 4.40. The van der Waals surface area contributed by atoms with Crippen LogP contribution in [0.5, 0.6) is 5.75 Å². The van der Waals surface area contributed by atoms with Gasteiger partial charge in [-0.2, -0.15) is 5.10 Å². The number of carbonyl (C=O) groups excluding carboxylic acids is 1. The van der Waals surface area contributed by atoms with E-state index in [9.17, 15) is 14.9 Å². The number of nitrogens with one attached hydrogen (secondary N) is 1. The number of rotatable bonds is 5. The lowest BCUT2D eigenvalue weighted by Gasteiger charge is -2.14. The lowest BCUT2D eigenvalue weighted by molar-refractivity contribution is -0.384. The Morgan fingerprint density at radius 3 is 2.73 bits per heavy atom. The number of nitro groups is 1. The molecule has 0 aliphatic heterocycles. The number of hydrogen-bond acceptors (Lipinski definition) is 5. The van der Waals surface area contributed by atoms with E-state index in [1.54, 1.807) is 23.9 Å². The Morgan fingerprint density at radius 1 is 1.45 bits per heavy atom. The second kappa shape index (κ2) is 6.25. The summed E-state index contributed by atoms with van der Waals surface area (Å²) >= 11 is 0. The quantitative estimate of drug-likeness (QED) is 0.675. The van der Waals surface area contributed by atoms with E-state index < -0.39 is 11.0 Å². The Hall–Kier alpha value is -2.90. The number of ether oxygens (including phenoxy) is 1. The molecular formula is C14H16N4O4. The van der Waals surface area contributed by atoms with Crippen LogP contribution in [0, 0.1) is 17.0 Å². The minimum atomic E-state index is -0.525. The van der Waals surface area contributed by atoms with E-state index in [4.69, 9.17) is 4.74 Å². The van der Waals surface area contributed by atoms with Crippen molar-refractivity contribution < 1.29 is 14.5 Å². The van der Waals surface area contributed by atoms with Crippen LogP contribution in [-0.4, -0.2) is 27.7 Å². The largest absolute Gasteiger partial charge is 0.494 e. The average molecular weight is 304 g/mol. The summed E-state index contributed by atoms with van der Waals surface area (Å²) in [4.78, 5) is 22.5. The van der Waals surface area contributed by atoms with E-state index >= 15 is 0 Å². The number of aryl methyl sites for hydroxylation is 1. The molecule has 1 amide bonds. The van der Waals surface area contributed by atoms with E-state index in [0.717, 1.165) is 5.69 Å². The molecule has 8 heteroatoms. The van der Waals surface area contributed by atoms with Crippen LogP contribution in [-0.2, 0) is 4.79 Å². The summed E-state index contributed by atoms with van der Waals surface area (Å²) in [7, 11) is 1.38. The van der Waals surface area contributed by atoms with E-state index in [2.05, 4.69) is 10.4 Å². The number of nitrogens with zero attached hydrogens (tertiary/aromatic N) is 3. The number of benzene rings is 1. The minimum Gasteiger partial charge on any atom is -0.494 e. The summed E-state index contributed by atoms with van der Waals surface area (Å²) in [6.07, 6.45) is 1.71. The summed E-state index contributed by atoms with van der Waals surface area (Å²) in [5.41, 5.74) is 1.08. The molecule has 1 atom stereocenters. The highest BCUT2D eigenvalue weighted by molar-refractivity contribution is 5.95. The molecule has 116 valence electrons. The Morgan fingerprint density at radius 2 is 2.18 bits per heavy atom. The predicted molar refractivity (Wildman–Crippen MR) is 80.0 cm³/mol. The molecule has 0 spiro atoms. The zero-order valence-corrected chi connectivity index (χ0v) is 12.4. The molecule has 0 aliphatic rings. The number of non-ortho nitro benzene ring substituents is 1. The van der Waals surface area contributed by atoms with Crippen molar-refractivity contribution in [2.24, 2.45) is 0 Å². The maximum Gasteiger partial charge on any atom is 0.273 e. The second-order valence-corrected chi connectivity index (χ2v) is 4.74. The number of carbonyl (C=O) groups is 1. The third-order valence-electron chi connectivity index (χ3n) is 3.17. The molecule has 0 saturated heterocycles. The Labute approximate surface area is 126 Å². The summed E-state index contributed by atoms with van der Waals surface area (Å²) in [6.45, 7) is 3.54. The van der Waals surface area contributed by atoms with E-state index in [0.29, 0.717) is 5.69 Å². The standard InChI is InChI=1S/C14H16N4O4/c1-9-6-7-17(16-9)10(2)14(19)15-12-5-4-11(18(20)21)8-13(12)22-3/h4-8,10H,1-3H3,(H,15,19). The topological polar surface area (TPSA) is 99.3 Å². The molecule has 1 aromatic heterocycles. The van der Waals surface area contributed by atoms with Crippen molar-refractivity contribution in [3.63, 3.8) is 0 Å². The average Bonchev–Trinajstić information content (AvgIpc) is 2.93. The molecule has 8 nitrogen and oxygen atoms in total. The van der Waals surface area contributed by atoms with Gasteiger partial charge in [0.2, 0.25) is 5.91 Å². The summed E-state index contributed by atoms with van der Waals surface area (Å²) in [6, 6.07) is 5.29. The molecule has 1 unspecified atom stereocenters. The van der Waals surface area contributed by atoms with Crippen LogP contribution in [0.1, 0.15) is 18.7 Å². The molecule has 1 N–H and O–H groups in total. The van der Waals surface area contributed by atoms with Gasteiger partial charge in [-0.3, -0.25) is 19.6 Å². The number of nitro benzene ring substituents is 1. The first-order valence-corrected chi connectivity index (χ1v) is 6.57. The molecule has 22 heavy (non-hydrogen) atoms. The van der Waals surface area contributed by atoms with Crippen LogP contribution < -0.4 is 10.1 Å². The van der Waals surface area contributed by atoms with Gasteiger partial charge in [-0.05, 0) is 26.0 Å². The number of anilines is 1. The zero-order chi connectivity index (χ0) is 16.3. The van der Waals surface area contributed by atoms with E-state index in [1.165, 1.54) is 25.3 Å². The van der Waals surface area contributed by atoms with Crippen molar-refractivity contribution in [1.29, 1.82) is 0 Å². The maximum atomic E-state index is 12.2. The SMILES string of the molecule is COc1cc([N+](=O)[O-])ccc1NC(=O)C(C)n1ccc(C)n1. The second-order valence-electron chi connectivity index (χ2n) is 4.74. The van der Waals surface area contributed by atoms with Gasteiger partial charge in [-0.1, -0.05) is 0 Å². The van der Waals surface area contributed by atoms with Gasteiger partial charge in [0, 0.05) is 12.3 Å². The van der Waals surface area contributed by atoms with Crippen LogP contribution in [0.25, 0.3) is 0 Å². The maximum absolute atomic E-state index is 12.2. The zero-order valence-electron chi connectivity index (χ0n) is 12.4. The highest BCUT2D eigenvalue weighted by Crippen LogP contribution is 2.29. The van der Waals surface area contributed by atoms with Crippen molar-refractivity contribution in [3.05, 3.63) is 46.3 Å². The predicted octanol–water partition coefficient (Wildman–Crippen LogP) is 2.31. The number of methoxy groups -OCH3 is 1. The molecule has 0 bridgehead atoms. The highest BCUT2D eigenvalue weighted by atomic mass is 16.6. The first kappa shape index (κ1) is 15.5. The van der Waals surface area contributed by atoms with Crippen molar-refractivity contribution >= 4 is 17.3 Å². The monoisotopic (exact) mass is 304 g/mol. The normalized spacial score (nSPS) is 11.8. The molecule has 0 radical (unpaired) electrons. The van der Waals surface area contributed by atoms with Crippen LogP contribution in [0.3, 0.4) is 0 Å². The molecule has 0 aliphatic carbocycles. The number of hydrogen-bond donors (Lipinski definition) is 1.